The van der Waals surface area contributed by atoms with Crippen molar-refractivity contribution in [1.29, 1.82) is 0 Å². The molecule has 0 bridgehead atoms. The van der Waals surface area contributed by atoms with Crippen LogP contribution in [0, 0.1) is 6.92 Å². The summed E-state index contributed by atoms with van der Waals surface area (Å²) in [6, 6.07) is 14.7. The van der Waals surface area contributed by atoms with Crippen molar-refractivity contribution >= 4 is 33.9 Å². The normalized spacial score (nSPS) is 16.1. The Morgan fingerprint density at radius 3 is 2.30 bits per heavy atom. The number of rotatable bonds is 7. The van der Waals surface area contributed by atoms with Gasteiger partial charge in [-0.2, -0.15) is 9.41 Å². The lowest BCUT2D eigenvalue weighted by Gasteiger charge is -2.33. The van der Waals surface area contributed by atoms with E-state index in [1.807, 2.05) is 42.3 Å². The van der Waals surface area contributed by atoms with E-state index in [2.05, 4.69) is 10.5 Å². The molecule has 0 aromatic heterocycles. The summed E-state index contributed by atoms with van der Waals surface area (Å²) >= 11 is 1.67. The van der Waals surface area contributed by atoms with Gasteiger partial charge in [-0.1, -0.05) is 29.8 Å². The molecule has 160 valence electrons. The van der Waals surface area contributed by atoms with Gasteiger partial charge in [-0.3, -0.25) is 9.69 Å². The first-order chi connectivity index (χ1) is 14.4. The highest BCUT2D eigenvalue weighted by molar-refractivity contribution is 7.98. The Balaban J connectivity index is 1.46. The van der Waals surface area contributed by atoms with Crippen LogP contribution in [0.4, 0.5) is 0 Å². The highest BCUT2D eigenvalue weighted by atomic mass is 32.2. The molecule has 0 radical (unpaired) electrons. The quantitative estimate of drug-likeness (QED) is 0.401. The highest BCUT2D eigenvalue weighted by Crippen LogP contribution is 2.18. The predicted molar refractivity (Wildman–Crippen MR) is 120 cm³/mol. The van der Waals surface area contributed by atoms with Crippen molar-refractivity contribution in [3.8, 4) is 0 Å². The number of benzene rings is 2. The maximum absolute atomic E-state index is 12.8. The van der Waals surface area contributed by atoms with Gasteiger partial charge in [-0.05, 0) is 43.0 Å². The van der Waals surface area contributed by atoms with Crippen LogP contribution in [0.15, 0.2) is 63.4 Å². The van der Waals surface area contributed by atoms with Crippen molar-refractivity contribution in [3.05, 3.63) is 59.7 Å². The molecule has 9 heteroatoms. The second-order valence-electron chi connectivity index (χ2n) is 7.06. The van der Waals surface area contributed by atoms with E-state index in [9.17, 15) is 13.2 Å². The Morgan fingerprint density at radius 2 is 1.70 bits per heavy atom. The third kappa shape index (κ3) is 5.91. The number of piperazine rings is 1. The van der Waals surface area contributed by atoms with Crippen LogP contribution in [0.25, 0.3) is 0 Å². The Hall–Kier alpha value is -2.20. The van der Waals surface area contributed by atoms with E-state index in [4.69, 9.17) is 0 Å². The predicted octanol–water partition coefficient (Wildman–Crippen LogP) is 2.17. The van der Waals surface area contributed by atoms with E-state index in [1.165, 1.54) is 9.20 Å². The van der Waals surface area contributed by atoms with E-state index in [0.717, 1.165) is 11.1 Å². The average molecular weight is 447 g/mol. The third-order valence-electron chi connectivity index (χ3n) is 4.88. The average Bonchev–Trinajstić information content (AvgIpc) is 2.75. The van der Waals surface area contributed by atoms with Gasteiger partial charge in [0, 0.05) is 31.1 Å². The summed E-state index contributed by atoms with van der Waals surface area (Å²) in [5, 5.41) is 4.00. The van der Waals surface area contributed by atoms with Gasteiger partial charge >= 0.3 is 0 Å². The van der Waals surface area contributed by atoms with Gasteiger partial charge in [0.25, 0.3) is 5.91 Å². The van der Waals surface area contributed by atoms with Crippen molar-refractivity contribution in [2.24, 2.45) is 5.10 Å². The monoisotopic (exact) mass is 446 g/mol. The largest absolute Gasteiger partial charge is 0.292 e. The molecular weight excluding hydrogens is 420 g/mol. The minimum absolute atomic E-state index is 0.182. The summed E-state index contributed by atoms with van der Waals surface area (Å²) in [6.07, 6.45) is 3.62. The molecule has 1 N–H and O–H groups in total. The zero-order chi connectivity index (χ0) is 21.6. The van der Waals surface area contributed by atoms with E-state index < -0.39 is 10.0 Å². The summed E-state index contributed by atoms with van der Waals surface area (Å²) < 4.78 is 27.0. The SMILES string of the molecule is CSc1ccc(/C=N\NC(=O)CN2CCN(S(=O)(=O)c3ccc(C)cc3)CC2)cc1. The molecule has 1 amide bonds. The number of hydrogen-bond donors (Lipinski definition) is 1. The lowest BCUT2D eigenvalue weighted by molar-refractivity contribution is -0.122. The second-order valence-corrected chi connectivity index (χ2v) is 9.88. The molecule has 0 spiro atoms. The van der Waals surface area contributed by atoms with Gasteiger partial charge in [0.05, 0.1) is 17.7 Å². The minimum atomic E-state index is -3.50. The zero-order valence-electron chi connectivity index (χ0n) is 17.1. The van der Waals surface area contributed by atoms with E-state index in [0.29, 0.717) is 31.1 Å². The van der Waals surface area contributed by atoms with Gasteiger partial charge in [0.2, 0.25) is 10.0 Å². The molecule has 2 aromatic rings. The molecule has 0 atom stereocenters. The fourth-order valence-corrected chi connectivity index (χ4v) is 4.92. The number of sulfonamides is 1. The van der Waals surface area contributed by atoms with Crippen LogP contribution in [0.1, 0.15) is 11.1 Å². The molecule has 7 nitrogen and oxygen atoms in total. The Bertz CT molecular complexity index is 982. The van der Waals surface area contributed by atoms with Gasteiger partial charge in [0.1, 0.15) is 0 Å². The smallest absolute Gasteiger partial charge is 0.254 e. The number of nitrogens with one attached hydrogen (secondary N) is 1. The van der Waals surface area contributed by atoms with E-state index in [-0.39, 0.29) is 12.5 Å². The topological polar surface area (TPSA) is 82.1 Å². The van der Waals surface area contributed by atoms with Crippen molar-refractivity contribution in [2.45, 2.75) is 16.7 Å². The van der Waals surface area contributed by atoms with Crippen molar-refractivity contribution in [2.75, 3.05) is 39.0 Å². The molecule has 0 aliphatic carbocycles. The van der Waals surface area contributed by atoms with E-state index >= 15 is 0 Å². The van der Waals surface area contributed by atoms with Crippen LogP contribution < -0.4 is 5.43 Å². The first-order valence-corrected chi connectivity index (χ1v) is 12.3. The van der Waals surface area contributed by atoms with Crippen molar-refractivity contribution in [1.82, 2.24) is 14.6 Å². The molecule has 0 saturated carbocycles. The van der Waals surface area contributed by atoms with Gasteiger partial charge in [0.15, 0.2) is 0 Å². The first kappa shape index (κ1) is 22.5. The summed E-state index contributed by atoms with van der Waals surface area (Å²) in [6.45, 7) is 3.81. The Kier molecular flexibility index (Phi) is 7.65. The van der Waals surface area contributed by atoms with Crippen molar-refractivity contribution < 1.29 is 13.2 Å². The maximum atomic E-state index is 12.8. The molecule has 30 heavy (non-hydrogen) atoms. The molecule has 3 rings (SSSR count). The molecule has 1 aliphatic rings. The van der Waals surface area contributed by atoms with Crippen LogP contribution in [0.5, 0.6) is 0 Å². The van der Waals surface area contributed by atoms with Gasteiger partial charge < -0.3 is 0 Å². The van der Waals surface area contributed by atoms with Gasteiger partial charge in [-0.25, -0.2) is 13.8 Å². The number of thioether (sulfide) groups is 1. The first-order valence-electron chi connectivity index (χ1n) is 9.63. The van der Waals surface area contributed by atoms with Crippen LogP contribution in [-0.2, 0) is 14.8 Å². The van der Waals surface area contributed by atoms with E-state index in [1.54, 1.807) is 42.2 Å². The number of nitrogens with zero attached hydrogens (tertiary/aromatic N) is 3. The molecule has 1 aliphatic heterocycles. The Labute approximate surface area is 182 Å². The minimum Gasteiger partial charge on any atom is -0.292 e. The number of aryl methyl sites for hydroxylation is 1. The number of hydrogen-bond acceptors (Lipinski definition) is 6. The number of carbonyl (C=O) groups is 1. The lowest BCUT2D eigenvalue weighted by Crippen LogP contribution is -2.50. The van der Waals surface area contributed by atoms with Crippen LogP contribution in [0.3, 0.4) is 0 Å². The molecule has 2 aromatic carbocycles. The summed E-state index contributed by atoms with van der Waals surface area (Å²) in [5.74, 6) is -0.221. The highest BCUT2D eigenvalue weighted by Gasteiger charge is 2.28. The lowest BCUT2D eigenvalue weighted by atomic mass is 10.2. The second kappa shape index (κ2) is 10.2. The van der Waals surface area contributed by atoms with Gasteiger partial charge in [-0.15, -0.1) is 11.8 Å². The molecule has 0 unspecified atom stereocenters. The third-order valence-corrected chi connectivity index (χ3v) is 7.53. The molecule has 1 saturated heterocycles. The summed E-state index contributed by atoms with van der Waals surface area (Å²) in [5.41, 5.74) is 4.45. The molecule has 1 heterocycles. The van der Waals surface area contributed by atoms with Crippen LogP contribution in [-0.4, -0.2) is 68.7 Å². The molecule has 1 fully saturated rings. The summed E-state index contributed by atoms with van der Waals surface area (Å²) in [4.78, 5) is 15.5. The summed E-state index contributed by atoms with van der Waals surface area (Å²) in [7, 11) is -3.50. The number of amides is 1. The standard InChI is InChI=1S/C21H26N4O3S2/c1-17-3-9-20(10-4-17)30(27,28)25-13-11-24(12-14-25)16-21(26)23-22-15-18-5-7-19(29-2)8-6-18/h3-10,15H,11-14,16H2,1-2H3,(H,23,26)/b22-15-. The van der Waals surface area contributed by atoms with Crippen LogP contribution >= 0.6 is 11.8 Å². The zero-order valence-corrected chi connectivity index (χ0v) is 18.7. The maximum Gasteiger partial charge on any atom is 0.254 e. The van der Waals surface area contributed by atoms with Crippen molar-refractivity contribution in [3.63, 3.8) is 0 Å². The fraction of sp³-hybridized carbons (Fsp3) is 0.333. The molecular formula is C21H26N4O3S2. The number of hydrazone groups is 1. The number of carbonyl (C=O) groups excluding carboxylic acids is 1. The Morgan fingerprint density at radius 1 is 1.07 bits per heavy atom. The fourth-order valence-electron chi connectivity index (χ4n) is 3.09. The van der Waals surface area contributed by atoms with Crippen LogP contribution in [0.2, 0.25) is 0 Å².